The number of fused-ring (bicyclic) bond motifs is 7. The van der Waals surface area contributed by atoms with Crippen molar-refractivity contribution >= 4 is 51.6 Å². The van der Waals surface area contributed by atoms with Gasteiger partial charge in [0.05, 0.1) is 13.2 Å². The molecule has 0 radical (unpaired) electrons. The van der Waals surface area contributed by atoms with Crippen molar-refractivity contribution in [3.8, 4) is 0 Å². The maximum absolute atomic E-state index is 6.68. The van der Waals surface area contributed by atoms with Gasteiger partial charge in [-0.3, -0.25) is 0 Å². The van der Waals surface area contributed by atoms with E-state index in [0.29, 0.717) is 13.2 Å². The number of ether oxygens (including phenoxy) is 1. The van der Waals surface area contributed by atoms with Crippen molar-refractivity contribution in [2.45, 2.75) is 13.2 Å². The van der Waals surface area contributed by atoms with Gasteiger partial charge in [0.15, 0.2) is 0 Å². The van der Waals surface area contributed by atoms with Crippen LogP contribution in [0.5, 0.6) is 0 Å². The third kappa shape index (κ3) is 4.11. The summed E-state index contributed by atoms with van der Waals surface area (Å²) in [6.45, 7) is 0.986. The van der Waals surface area contributed by atoms with E-state index in [-0.39, 0.29) is 0 Å². The molecule has 0 aliphatic heterocycles. The van der Waals surface area contributed by atoms with Crippen LogP contribution in [0.2, 0.25) is 0 Å². The van der Waals surface area contributed by atoms with Crippen LogP contribution >= 0.6 is 8.16 Å². The van der Waals surface area contributed by atoms with Gasteiger partial charge in [0.1, 0.15) is 11.2 Å². The fraction of sp³-hybridized carbons (Fsp3) is 0.133. The van der Waals surface area contributed by atoms with Crippen LogP contribution in [-0.2, 0) is 18.0 Å². The molecule has 0 fully saturated rings. The number of benzene rings is 5. The van der Waals surface area contributed by atoms with Crippen molar-refractivity contribution in [2.75, 3.05) is 18.8 Å². The molecule has 0 aliphatic rings. The number of rotatable bonds is 5. The molecule has 6 rings (SSSR count). The van der Waals surface area contributed by atoms with E-state index < -0.39 is 8.16 Å². The second-order valence-electron chi connectivity index (χ2n) is 8.87. The van der Waals surface area contributed by atoms with E-state index in [4.69, 9.17) is 13.1 Å². The maximum atomic E-state index is 6.68. The molecule has 0 saturated carbocycles. The molecular formula is C30H26NO3P. The molecule has 0 amide bonds. The van der Waals surface area contributed by atoms with Crippen LogP contribution in [-0.4, -0.2) is 14.1 Å². The Balaban J connectivity index is 1.69. The number of hydrogen-bond acceptors (Lipinski definition) is 4. The summed E-state index contributed by atoms with van der Waals surface area (Å²) >= 11 is 0. The third-order valence-corrected chi connectivity index (χ3v) is 7.61. The Bertz CT molecular complexity index is 1710. The molecule has 5 aromatic carbocycles. The highest BCUT2D eigenvalue weighted by molar-refractivity contribution is 7.38. The molecule has 174 valence electrons. The van der Waals surface area contributed by atoms with E-state index >= 15 is 0 Å². The lowest BCUT2D eigenvalue weighted by atomic mass is 9.96. The van der Waals surface area contributed by atoms with Crippen molar-refractivity contribution in [1.82, 2.24) is 0 Å². The van der Waals surface area contributed by atoms with Gasteiger partial charge >= 0.3 is 8.16 Å². The first-order valence-corrected chi connectivity index (χ1v) is 12.8. The minimum absolute atomic E-state index is 0.443. The molecule has 0 N–H and O–H groups in total. The second-order valence-corrected chi connectivity index (χ2v) is 10.5. The first-order chi connectivity index (χ1) is 17.2. The zero-order valence-electron chi connectivity index (χ0n) is 19.8. The van der Waals surface area contributed by atoms with Gasteiger partial charge in [0.2, 0.25) is 0 Å². The molecule has 0 spiro atoms. The molecule has 1 aromatic heterocycles. The van der Waals surface area contributed by atoms with Crippen molar-refractivity contribution in [2.24, 2.45) is 0 Å². The lowest BCUT2D eigenvalue weighted by Gasteiger charge is -2.11. The summed E-state index contributed by atoms with van der Waals surface area (Å²) in [6, 6.07) is 33.6. The van der Waals surface area contributed by atoms with E-state index in [1.165, 1.54) is 5.39 Å². The summed E-state index contributed by atoms with van der Waals surface area (Å²) < 4.78 is 21.4. The molecule has 1 unspecified atom stereocenters. The Hall–Kier alpha value is -3.56. The molecule has 35 heavy (non-hydrogen) atoms. The van der Waals surface area contributed by atoms with Gasteiger partial charge < -0.3 is 13.1 Å². The van der Waals surface area contributed by atoms with Gasteiger partial charge in [-0.25, -0.2) is 4.67 Å². The van der Waals surface area contributed by atoms with Crippen LogP contribution in [0.3, 0.4) is 0 Å². The largest absolute Gasteiger partial charge is 0.408 e. The van der Waals surface area contributed by atoms with Crippen LogP contribution in [0.4, 0.5) is 0 Å². The molecule has 5 heteroatoms. The summed E-state index contributed by atoms with van der Waals surface area (Å²) in [4.78, 5) is 0. The SMILES string of the molecule is CN(C)p1oc2ccc3ccccc3c2c2c(o1)c(COCc1ccccc1)cc1ccccc12. The van der Waals surface area contributed by atoms with Crippen molar-refractivity contribution < 1.29 is 13.1 Å². The number of hydrogen-bond donors (Lipinski definition) is 0. The lowest BCUT2D eigenvalue weighted by molar-refractivity contribution is 0.107. The molecule has 4 nitrogen and oxygen atoms in total. The standard InChI is InChI=1S/C30H26NO3P/c1-31(2)35-33-27-17-16-22-12-6-8-14-25(22)28(27)29-26-15-9-7-13-23(26)18-24(30(29)34-35)20-32-19-21-10-4-3-5-11-21/h3-18H,19-20H2,1-2H3. The fourth-order valence-electron chi connectivity index (χ4n) is 4.63. The highest BCUT2D eigenvalue weighted by atomic mass is 31.1. The second kappa shape index (κ2) is 9.24. The van der Waals surface area contributed by atoms with Crippen LogP contribution in [0.25, 0.3) is 43.5 Å². The van der Waals surface area contributed by atoms with Gasteiger partial charge in [0, 0.05) is 30.4 Å². The summed E-state index contributed by atoms with van der Waals surface area (Å²) in [7, 11) is 2.64. The summed E-state index contributed by atoms with van der Waals surface area (Å²) in [6.07, 6.45) is 0. The third-order valence-electron chi connectivity index (χ3n) is 6.26. The van der Waals surface area contributed by atoms with E-state index in [9.17, 15) is 0 Å². The average molecular weight is 480 g/mol. The smallest absolute Gasteiger partial charge is 0.309 e. The van der Waals surface area contributed by atoms with Gasteiger partial charge in [-0.05, 0) is 39.2 Å². The minimum atomic E-state index is -1.34. The van der Waals surface area contributed by atoms with Gasteiger partial charge in [-0.2, -0.15) is 0 Å². The quantitative estimate of drug-likeness (QED) is 0.248. The highest BCUT2D eigenvalue weighted by Crippen LogP contribution is 2.42. The predicted molar refractivity (Wildman–Crippen MR) is 146 cm³/mol. The Labute approximate surface area is 204 Å². The number of nitrogens with zero attached hydrogens (tertiary/aromatic N) is 1. The zero-order chi connectivity index (χ0) is 23.8. The summed E-state index contributed by atoms with van der Waals surface area (Å²) in [5.74, 6) is 0. The van der Waals surface area contributed by atoms with Gasteiger partial charge in [-0.15, -0.1) is 0 Å². The Kier molecular flexibility index (Phi) is 5.79. The van der Waals surface area contributed by atoms with Crippen LogP contribution < -0.4 is 4.67 Å². The molecule has 0 aliphatic carbocycles. The maximum Gasteiger partial charge on any atom is 0.309 e. The fourth-order valence-corrected chi connectivity index (χ4v) is 5.68. The molecule has 0 bridgehead atoms. The predicted octanol–water partition coefficient (Wildman–Crippen LogP) is 8.51. The van der Waals surface area contributed by atoms with E-state index in [0.717, 1.165) is 49.2 Å². The van der Waals surface area contributed by atoms with Crippen molar-refractivity contribution in [3.05, 3.63) is 108 Å². The van der Waals surface area contributed by atoms with Crippen LogP contribution in [0, 0.1) is 0 Å². The molecule has 6 aromatic rings. The molecule has 0 saturated heterocycles. The minimum Gasteiger partial charge on any atom is -0.408 e. The monoisotopic (exact) mass is 479 g/mol. The zero-order valence-corrected chi connectivity index (χ0v) is 20.7. The molecule has 1 atom stereocenters. The van der Waals surface area contributed by atoms with Gasteiger partial charge in [-0.1, -0.05) is 84.9 Å². The van der Waals surface area contributed by atoms with E-state index in [2.05, 4.69) is 78.9 Å². The Morgan fingerprint density at radius 3 is 2.14 bits per heavy atom. The molecule has 1 heterocycles. The average Bonchev–Trinajstić information content (AvgIpc) is 3.07. The van der Waals surface area contributed by atoms with Crippen LogP contribution in [0.1, 0.15) is 11.1 Å². The lowest BCUT2D eigenvalue weighted by Crippen LogP contribution is -2.02. The van der Waals surface area contributed by atoms with Gasteiger partial charge in [0.25, 0.3) is 0 Å². The highest BCUT2D eigenvalue weighted by Gasteiger charge is 2.17. The summed E-state index contributed by atoms with van der Waals surface area (Å²) in [5.41, 5.74) is 3.85. The van der Waals surface area contributed by atoms with E-state index in [1.54, 1.807) is 0 Å². The topological polar surface area (TPSA) is 38.8 Å². The normalized spacial score (nSPS) is 12.3. The van der Waals surface area contributed by atoms with E-state index in [1.807, 2.05) is 37.0 Å². The Morgan fingerprint density at radius 2 is 1.37 bits per heavy atom. The molecular weight excluding hydrogens is 453 g/mol. The first-order valence-electron chi connectivity index (χ1n) is 11.7. The first kappa shape index (κ1) is 21.9. The van der Waals surface area contributed by atoms with Crippen LogP contribution in [0.15, 0.2) is 105 Å². The van der Waals surface area contributed by atoms with Crippen molar-refractivity contribution in [3.63, 3.8) is 0 Å². The summed E-state index contributed by atoms with van der Waals surface area (Å²) in [5, 5.41) is 6.77. The van der Waals surface area contributed by atoms with Crippen molar-refractivity contribution in [1.29, 1.82) is 0 Å². The Morgan fingerprint density at radius 1 is 0.686 bits per heavy atom.